The summed E-state index contributed by atoms with van der Waals surface area (Å²) in [5.41, 5.74) is 1.42. The molecule has 0 saturated carbocycles. The fourth-order valence-electron chi connectivity index (χ4n) is 2.25. The Morgan fingerprint density at radius 3 is 2.53 bits per heavy atom. The molecule has 0 spiro atoms. The normalized spacial score (nSPS) is 17.5. The Kier molecular flexibility index (Phi) is 4.93. The van der Waals surface area contributed by atoms with E-state index in [1.807, 2.05) is 0 Å². The Labute approximate surface area is 114 Å². The lowest BCUT2D eigenvalue weighted by Crippen LogP contribution is -2.45. The van der Waals surface area contributed by atoms with Crippen LogP contribution in [0, 0.1) is 0 Å². The van der Waals surface area contributed by atoms with Crippen LogP contribution in [-0.2, 0) is 22.4 Å². The van der Waals surface area contributed by atoms with Crippen molar-refractivity contribution < 1.29 is 13.5 Å². The molecule has 0 amide bonds. The summed E-state index contributed by atoms with van der Waals surface area (Å²) in [7, 11) is -3.36. The van der Waals surface area contributed by atoms with Crippen molar-refractivity contribution in [3.8, 4) is 0 Å². The number of hydrazine groups is 1. The van der Waals surface area contributed by atoms with Gasteiger partial charge in [0.15, 0.2) is 0 Å². The summed E-state index contributed by atoms with van der Waals surface area (Å²) in [6.45, 7) is 1.47. The van der Waals surface area contributed by atoms with Gasteiger partial charge in [0, 0.05) is 13.1 Å². The number of benzene rings is 1. The molecular weight excluding hydrogens is 264 g/mol. The molecule has 2 N–H and O–H groups in total. The van der Waals surface area contributed by atoms with Gasteiger partial charge in [0.25, 0.3) is 0 Å². The highest BCUT2D eigenvalue weighted by Crippen LogP contribution is 2.11. The Balaban J connectivity index is 1.99. The van der Waals surface area contributed by atoms with E-state index in [1.165, 1.54) is 0 Å². The van der Waals surface area contributed by atoms with Gasteiger partial charge in [0.05, 0.1) is 12.4 Å². The van der Waals surface area contributed by atoms with E-state index in [4.69, 9.17) is 5.11 Å². The Morgan fingerprint density at radius 1 is 1.16 bits per heavy atom. The molecule has 19 heavy (non-hydrogen) atoms. The Morgan fingerprint density at radius 2 is 1.84 bits per heavy atom. The van der Waals surface area contributed by atoms with Gasteiger partial charge in [-0.2, -0.15) is 0 Å². The number of nitrogens with one attached hydrogen (secondary N) is 1. The smallest absolute Gasteiger partial charge is 0.228 e. The first-order chi connectivity index (χ1) is 9.09. The van der Waals surface area contributed by atoms with E-state index in [9.17, 15) is 8.42 Å². The van der Waals surface area contributed by atoms with Crippen molar-refractivity contribution in [2.75, 3.05) is 13.1 Å². The van der Waals surface area contributed by atoms with E-state index in [2.05, 4.69) is 4.83 Å². The minimum Gasteiger partial charge on any atom is -0.392 e. The molecule has 2 rings (SSSR count). The first kappa shape index (κ1) is 14.5. The number of rotatable bonds is 5. The van der Waals surface area contributed by atoms with Crippen LogP contribution in [0.15, 0.2) is 24.3 Å². The van der Waals surface area contributed by atoms with Crippen molar-refractivity contribution in [2.45, 2.75) is 31.6 Å². The lowest BCUT2D eigenvalue weighted by molar-refractivity contribution is 0.200. The van der Waals surface area contributed by atoms with E-state index >= 15 is 0 Å². The van der Waals surface area contributed by atoms with Gasteiger partial charge in [0.2, 0.25) is 10.0 Å². The molecule has 0 aliphatic carbocycles. The third kappa shape index (κ3) is 4.58. The lowest BCUT2D eigenvalue weighted by atomic mass is 10.1. The summed E-state index contributed by atoms with van der Waals surface area (Å²) in [6.07, 6.45) is 3.22. The first-order valence-corrected chi connectivity index (χ1v) is 8.18. The van der Waals surface area contributed by atoms with Crippen LogP contribution in [0.5, 0.6) is 0 Å². The maximum absolute atomic E-state index is 12.1. The maximum Gasteiger partial charge on any atom is 0.228 e. The molecule has 0 aromatic heterocycles. The molecule has 0 unspecified atom stereocenters. The van der Waals surface area contributed by atoms with Crippen LogP contribution < -0.4 is 4.83 Å². The molecule has 1 aromatic rings. The summed E-state index contributed by atoms with van der Waals surface area (Å²) >= 11 is 0. The molecule has 0 atom stereocenters. The lowest BCUT2D eigenvalue weighted by Gasteiger charge is -2.26. The van der Waals surface area contributed by atoms with E-state index in [0.29, 0.717) is 5.56 Å². The van der Waals surface area contributed by atoms with Crippen LogP contribution in [0.2, 0.25) is 0 Å². The van der Waals surface area contributed by atoms with Crippen molar-refractivity contribution >= 4 is 10.0 Å². The van der Waals surface area contributed by atoms with Crippen molar-refractivity contribution in [3.05, 3.63) is 35.4 Å². The maximum atomic E-state index is 12.1. The highest BCUT2D eigenvalue weighted by Gasteiger charge is 2.18. The van der Waals surface area contributed by atoms with Crippen LogP contribution >= 0.6 is 0 Å². The summed E-state index contributed by atoms with van der Waals surface area (Å²) in [5.74, 6) is -0.0582. The second kappa shape index (κ2) is 6.47. The summed E-state index contributed by atoms with van der Waals surface area (Å²) in [5, 5.41) is 10.8. The largest absolute Gasteiger partial charge is 0.392 e. The molecule has 106 valence electrons. The van der Waals surface area contributed by atoms with Crippen molar-refractivity contribution in [2.24, 2.45) is 0 Å². The predicted molar refractivity (Wildman–Crippen MR) is 73.5 cm³/mol. The predicted octanol–water partition coefficient (Wildman–Crippen LogP) is 0.999. The monoisotopic (exact) mass is 284 g/mol. The molecule has 1 fully saturated rings. The highest BCUT2D eigenvalue weighted by atomic mass is 32.2. The molecule has 1 aliphatic rings. The van der Waals surface area contributed by atoms with Gasteiger partial charge >= 0.3 is 0 Å². The van der Waals surface area contributed by atoms with Crippen molar-refractivity contribution in [3.63, 3.8) is 0 Å². The SMILES string of the molecule is O=S(=O)(Cc1cccc(CO)c1)NN1CCCCC1. The van der Waals surface area contributed by atoms with Gasteiger partial charge in [-0.1, -0.05) is 30.7 Å². The Bertz CT molecular complexity index is 510. The number of piperidine rings is 1. The van der Waals surface area contributed by atoms with Crippen molar-refractivity contribution in [1.82, 2.24) is 9.84 Å². The Hall–Kier alpha value is -0.950. The number of hydrogen-bond donors (Lipinski definition) is 2. The van der Waals surface area contributed by atoms with E-state index in [1.54, 1.807) is 29.3 Å². The highest BCUT2D eigenvalue weighted by molar-refractivity contribution is 7.88. The van der Waals surface area contributed by atoms with E-state index in [0.717, 1.165) is 37.9 Å². The van der Waals surface area contributed by atoms with Gasteiger partial charge in [-0.3, -0.25) is 0 Å². The molecule has 1 saturated heterocycles. The second-order valence-electron chi connectivity index (χ2n) is 4.88. The average molecular weight is 284 g/mol. The molecule has 5 nitrogen and oxygen atoms in total. The first-order valence-electron chi connectivity index (χ1n) is 6.53. The van der Waals surface area contributed by atoms with E-state index in [-0.39, 0.29) is 12.4 Å². The van der Waals surface area contributed by atoms with Crippen LogP contribution in [0.1, 0.15) is 30.4 Å². The molecule has 1 aliphatic heterocycles. The molecule has 0 radical (unpaired) electrons. The van der Waals surface area contributed by atoms with Crippen LogP contribution in [0.3, 0.4) is 0 Å². The summed E-state index contributed by atoms with van der Waals surface area (Å²) < 4.78 is 24.1. The third-order valence-corrected chi connectivity index (χ3v) is 4.40. The minimum atomic E-state index is -3.36. The molecule has 6 heteroatoms. The van der Waals surface area contributed by atoms with Gasteiger partial charge in [-0.05, 0) is 24.0 Å². The van der Waals surface area contributed by atoms with E-state index < -0.39 is 10.0 Å². The van der Waals surface area contributed by atoms with Crippen LogP contribution in [0.25, 0.3) is 0 Å². The minimum absolute atomic E-state index is 0.0582. The standard InChI is InChI=1S/C13H20N2O3S/c16-10-12-5-4-6-13(9-12)11-19(17,18)14-15-7-2-1-3-8-15/h4-6,9,14,16H,1-3,7-8,10-11H2. The summed E-state index contributed by atoms with van der Waals surface area (Å²) in [6, 6.07) is 7.01. The van der Waals surface area contributed by atoms with Gasteiger partial charge < -0.3 is 5.11 Å². The number of aliphatic hydroxyl groups excluding tert-OH is 1. The fraction of sp³-hybridized carbons (Fsp3) is 0.538. The second-order valence-corrected chi connectivity index (χ2v) is 6.58. The molecular formula is C13H20N2O3S. The van der Waals surface area contributed by atoms with Gasteiger partial charge in [0.1, 0.15) is 0 Å². The zero-order chi connectivity index (χ0) is 13.7. The fourth-order valence-corrected chi connectivity index (χ4v) is 3.51. The van der Waals surface area contributed by atoms with Crippen LogP contribution in [-0.4, -0.2) is 31.6 Å². The zero-order valence-corrected chi connectivity index (χ0v) is 11.7. The van der Waals surface area contributed by atoms with Crippen LogP contribution in [0.4, 0.5) is 0 Å². The third-order valence-electron chi connectivity index (χ3n) is 3.15. The number of sulfonamides is 1. The number of hydrogen-bond acceptors (Lipinski definition) is 4. The molecule has 0 bridgehead atoms. The number of nitrogens with zero attached hydrogens (tertiary/aromatic N) is 1. The topological polar surface area (TPSA) is 69.6 Å². The zero-order valence-electron chi connectivity index (χ0n) is 10.9. The quantitative estimate of drug-likeness (QED) is 0.846. The average Bonchev–Trinajstić information content (AvgIpc) is 2.39. The molecule has 1 heterocycles. The number of aliphatic hydroxyl groups is 1. The summed E-state index contributed by atoms with van der Waals surface area (Å²) in [4.78, 5) is 2.62. The van der Waals surface area contributed by atoms with Gasteiger partial charge in [-0.15, -0.1) is 4.83 Å². The van der Waals surface area contributed by atoms with Gasteiger partial charge in [-0.25, -0.2) is 13.4 Å². The molecule has 1 aromatic carbocycles. The van der Waals surface area contributed by atoms with Crippen molar-refractivity contribution in [1.29, 1.82) is 0 Å².